The molecule has 0 atom stereocenters. The minimum atomic E-state index is -3.04. The van der Waals surface area contributed by atoms with E-state index in [4.69, 9.17) is 0 Å². The summed E-state index contributed by atoms with van der Waals surface area (Å²) in [6, 6.07) is 0. The standard InChI is InChI=1S/C6H9F2NO2.C6H12/c1-2-4(10)3-9-6(11)5(7)8;1-2-4-6-5-3-1/h5H,2-3H2,1H3,(H,9,11);1-6H2. The summed E-state index contributed by atoms with van der Waals surface area (Å²) in [5.74, 6) is -1.66. The second-order valence-corrected chi connectivity index (χ2v) is 4.03. The molecule has 1 aliphatic rings. The number of hydrogen-bond donors (Lipinski definition) is 1. The number of halogens is 2. The van der Waals surface area contributed by atoms with Crippen LogP contribution in [0.4, 0.5) is 8.78 Å². The van der Waals surface area contributed by atoms with Crippen LogP contribution in [0.15, 0.2) is 0 Å². The van der Waals surface area contributed by atoms with E-state index in [1.54, 1.807) is 12.2 Å². The number of ketones is 1. The van der Waals surface area contributed by atoms with E-state index in [0.29, 0.717) is 0 Å². The van der Waals surface area contributed by atoms with Crippen molar-refractivity contribution in [3.05, 3.63) is 0 Å². The Kier molecular flexibility index (Phi) is 9.57. The topological polar surface area (TPSA) is 46.2 Å². The first-order valence-corrected chi connectivity index (χ1v) is 6.15. The quantitative estimate of drug-likeness (QED) is 0.832. The molecule has 1 N–H and O–H groups in total. The van der Waals surface area contributed by atoms with Crippen LogP contribution in [0, 0.1) is 0 Å². The summed E-state index contributed by atoms with van der Waals surface area (Å²) < 4.78 is 22.9. The molecule has 0 radical (unpaired) electrons. The molecule has 0 spiro atoms. The van der Waals surface area contributed by atoms with Gasteiger partial charge in [-0.1, -0.05) is 45.4 Å². The second kappa shape index (κ2) is 10.2. The Morgan fingerprint density at radius 3 is 1.76 bits per heavy atom. The van der Waals surface area contributed by atoms with Gasteiger partial charge < -0.3 is 5.32 Å². The molecule has 5 heteroatoms. The fourth-order valence-electron chi connectivity index (χ4n) is 1.45. The predicted octanol–water partition coefficient (Wildman–Crippen LogP) is 2.69. The highest BCUT2D eigenvalue weighted by Crippen LogP contribution is 2.15. The van der Waals surface area contributed by atoms with Gasteiger partial charge in [0.1, 0.15) is 0 Å². The zero-order chi connectivity index (χ0) is 13.1. The SMILES string of the molecule is C1CCCCC1.CCC(=O)CNC(=O)C(F)F. The van der Waals surface area contributed by atoms with Gasteiger partial charge in [0, 0.05) is 6.42 Å². The molecule has 0 saturated heterocycles. The summed E-state index contributed by atoms with van der Waals surface area (Å²) >= 11 is 0. The van der Waals surface area contributed by atoms with Crippen molar-refractivity contribution in [2.24, 2.45) is 0 Å². The Morgan fingerprint density at radius 2 is 1.47 bits per heavy atom. The molecule has 100 valence electrons. The van der Waals surface area contributed by atoms with Crippen molar-refractivity contribution in [3.8, 4) is 0 Å². The van der Waals surface area contributed by atoms with Crippen LogP contribution in [0.25, 0.3) is 0 Å². The van der Waals surface area contributed by atoms with Crippen LogP contribution in [-0.2, 0) is 9.59 Å². The summed E-state index contributed by atoms with van der Waals surface area (Å²) in [6.45, 7) is 1.29. The molecule has 0 aromatic rings. The molecule has 3 nitrogen and oxygen atoms in total. The molecule has 0 heterocycles. The lowest BCUT2D eigenvalue weighted by Gasteiger charge is -2.05. The Labute approximate surface area is 101 Å². The zero-order valence-corrected chi connectivity index (χ0v) is 10.3. The number of Topliss-reactive ketones (excluding diaryl/α,β-unsaturated/α-hetero) is 1. The molecule has 0 unspecified atom stereocenters. The van der Waals surface area contributed by atoms with E-state index in [-0.39, 0.29) is 18.7 Å². The monoisotopic (exact) mass is 249 g/mol. The van der Waals surface area contributed by atoms with Crippen molar-refractivity contribution in [2.75, 3.05) is 6.54 Å². The zero-order valence-electron chi connectivity index (χ0n) is 10.3. The molecule has 0 aromatic heterocycles. The number of rotatable bonds is 4. The van der Waals surface area contributed by atoms with E-state index in [9.17, 15) is 18.4 Å². The van der Waals surface area contributed by atoms with E-state index in [1.807, 2.05) is 0 Å². The van der Waals surface area contributed by atoms with Crippen molar-refractivity contribution >= 4 is 11.7 Å². The Hall–Kier alpha value is -1.00. The molecular weight excluding hydrogens is 228 g/mol. The fourth-order valence-corrected chi connectivity index (χ4v) is 1.45. The van der Waals surface area contributed by atoms with Crippen molar-refractivity contribution in [3.63, 3.8) is 0 Å². The number of carbonyl (C=O) groups is 2. The van der Waals surface area contributed by atoms with E-state index >= 15 is 0 Å². The molecule has 1 amide bonds. The van der Waals surface area contributed by atoms with Crippen LogP contribution in [0.2, 0.25) is 0 Å². The van der Waals surface area contributed by atoms with Crippen LogP contribution >= 0.6 is 0 Å². The van der Waals surface area contributed by atoms with E-state index in [1.165, 1.54) is 38.5 Å². The molecule has 1 fully saturated rings. The number of amides is 1. The summed E-state index contributed by atoms with van der Waals surface area (Å²) in [5.41, 5.74) is 0. The van der Waals surface area contributed by atoms with E-state index in [2.05, 4.69) is 0 Å². The highest BCUT2D eigenvalue weighted by atomic mass is 19.3. The van der Waals surface area contributed by atoms with Gasteiger partial charge in [-0.3, -0.25) is 9.59 Å². The summed E-state index contributed by atoms with van der Waals surface area (Å²) in [4.78, 5) is 20.6. The van der Waals surface area contributed by atoms with Crippen molar-refractivity contribution in [2.45, 2.75) is 58.3 Å². The summed E-state index contributed by atoms with van der Waals surface area (Å²) in [6.07, 6.45) is 6.20. The van der Waals surface area contributed by atoms with Gasteiger partial charge in [-0.15, -0.1) is 0 Å². The number of alkyl halides is 2. The smallest absolute Gasteiger partial charge is 0.315 e. The van der Waals surface area contributed by atoms with Crippen LogP contribution in [0.3, 0.4) is 0 Å². The Bertz CT molecular complexity index is 217. The third-order valence-corrected chi connectivity index (χ3v) is 2.55. The molecule has 1 aliphatic carbocycles. The maximum Gasteiger partial charge on any atom is 0.315 e. The number of hydrogen-bond acceptors (Lipinski definition) is 2. The summed E-state index contributed by atoms with van der Waals surface area (Å²) in [5, 5.41) is 1.79. The minimum Gasteiger partial charge on any atom is -0.344 e. The third kappa shape index (κ3) is 9.90. The van der Waals surface area contributed by atoms with Crippen molar-refractivity contribution in [1.29, 1.82) is 0 Å². The minimum absolute atomic E-state index is 0.240. The first kappa shape index (κ1) is 16.0. The van der Waals surface area contributed by atoms with Crippen molar-refractivity contribution in [1.82, 2.24) is 5.32 Å². The van der Waals surface area contributed by atoms with Gasteiger partial charge in [0.15, 0.2) is 5.78 Å². The van der Waals surface area contributed by atoms with Gasteiger partial charge in [-0.2, -0.15) is 8.78 Å². The lowest BCUT2D eigenvalue weighted by Crippen LogP contribution is -2.33. The highest BCUT2D eigenvalue weighted by Gasteiger charge is 2.14. The van der Waals surface area contributed by atoms with Gasteiger partial charge in [0.2, 0.25) is 0 Å². The fraction of sp³-hybridized carbons (Fsp3) is 0.833. The molecule has 17 heavy (non-hydrogen) atoms. The van der Waals surface area contributed by atoms with Gasteiger partial charge in [0.25, 0.3) is 5.91 Å². The second-order valence-electron chi connectivity index (χ2n) is 4.03. The normalized spacial score (nSPS) is 14.8. The number of carbonyl (C=O) groups excluding carboxylic acids is 2. The molecule has 0 aliphatic heterocycles. The average molecular weight is 249 g/mol. The summed E-state index contributed by atoms with van der Waals surface area (Å²) in [7, 11) is 0. The van der Waals surface area contributed by atoms with Crippen LogP contribution < -0.4 is 5.32 Å². The van der Waals surface area contributed by atoms with E-state index < -0.39 is 12.3 Å². The first-order valence-electron chi connectivity index (χ1n) is 6.15. The molecule has 1 rings (SSSR count). The maximum atomic E-state index is 11.5. The average Bonchev–Trinajstić information content (AvgIpc) is 2.38. The maximum absolute atomic E-state index is 11.5. The third-order valence-electron chi connectivity index (χ3n) is 2.55. The highest BCUT2D eigenvalue weighted by molar-refractivity contribution is 5.86. The lowest BCUT2D eigenvalue weighted by atomic mass is 10.0. The van der Waals surface area contributed by atoms with Crippen LogP contribution in [-0.4, -0.2) is 24.7 Å². The van der Waals surface area contributed by atoms with E-state index in [0.717, 1.165) is 0 Å². The molecular formula is C12H21F2NO2. The van der Waals surface area contributed by atoms with Crippen LogP contribution in [0.5, 0.6) is 0 Å². The van der Waals surface area contributed by atoms with Gasteiger partial charge in [-0.25, -0.2) is 0 Å². The van der Waals surface area contributed by atoms with Crippen molar-refractivity contribution < 1.29 is 18.4 Å². The van der Waals surface area contributed by atoms with Gasteiger partial charge in [-0.05, 0) is 0 Å². The molecule has 0 aromatic carbocycles. The first-order chi connectivity index (χ1) is 8.07. The largest absolute Gasteiger partial charge is 0.344 e. The Balaban J connectivity index is 0.000000354. The lowest BCUT2D eigenvalue weighted by molar-refractivity contribution is -0.133. The van der Waals surface area contributed by atoms with Gasteiger partial charge in [0.05, 0.1) is 6.54 Å². The predicted molar refractivity (Wildman–Crippen MR) is 62.0 cm³/mol. The van der Waals surface area contributed by atoms with Gasteiger partial charge >= 0.3 is 6.43 Å². The molecule has 0 bridgehead atoms. The Morgan fingerprint density at radius 1 is 1.06 bits per heavy atom. The van der Waals surface area contributed by atoms with Crippen LogP contribution in [0.1, 0.15) is 51.9 Å². The number of nitrogens with one attached hydrogen (secondary N) is 1. The molecule has 1 saturated carbocycles.